The van der Waals surface area contributed by atoms with Gasteiger partial charge in [0.25, 0.3) is 5.97 Å². The Morgan fingerprint density at radius 1 is 0.418 bits per heavy atom. The summed E-state index contributed by atoms with van der Waals surface area (Å²) in [4.78, 5) is 99.8. The van der Waals surface area contributed by atoms with Gasteiger partial charge in [-0.25, -0.2) is 19.2 Å². The van der Waals surface area contributed by atoms with Crippen molar-refractivity contribution in [2.75, 3.05) is 47.0 Å². The predicted octanol–water partition coefficient (Wildman–Crippen LogP) is 11.9. The molecule has 19 nitrogen and oxygen atoms in total. The van der Waals surface area contributed by atoms with Gasteiger partial charge in [-0.3, -0.25) is 19.2 Å². The average Bonchev–Trinajstić information content (AvgIpc) is 1.68. The van der Waals surface area contributed by atoms with Gasteiger partial charge in [0.1, 0.15) is 37.9 Å². The van der Waals surface area contributed by atoms with Gasteiger partial charge < -0.3 is 54.6 Å². The van der Waals surface area contributed by atoms with Crippen LogP contribution in [0, 0.1) is 17.8 Å². The Labute approximate surface area is 533 Å². The van der Waals surface area contributed by atoms with Crippen LogP contribution in [0.1, 0.15) is 106 Å². The molecule has 5 amide bonds. The first-order valence-corrected chi connectivity index (χ1v) is 34.2. The predicted molar refractivity (Wildman–Crippen MR) is 350 cm³/mol. The van der Waals surface area contributed by atoms with Crippen LogP contribution in [0.3, 0.4) is 0 Å². The van der Waals surface area contributed by atoms with Crippen LogP contribution in [0.4, 0.5) is 14.4 Å². The third-order valence-electron chi connectivity index (χ3n) is 16.1. The quantitative estimate of drug-likeness (QED) is 0.0313. The number of nitrogens with one attached hydrogen (secondary N) is 3. The van der Waals surface area contributed by atoms with E-state index in [9.17, 15) is 38.4 Å². The zero-order valence-corrected chi connectivity index (χ0v) is 54.7. The lowest BCUT2D eigenvalue weighted by molar-refractivity contribution is -0.141. The molecule has 0 aliphatic heterocycles. The van der Waals surface area contributed by atoms with Crippen molar-refractivity contribution in [3.05, 3.63) is 179 Å². The van der Waals surface area contributed by atoms with Gasteiger partial charge >= 0.3 is 30.2 Å². The first-order valence-electron chi connectivity index (χ1n) is 30.8. The summed E-state index contributed by atoms with van der Waals surface area (Å²) < 4.78 is 21.9. The van der Waals surface area contributed by atoms with E-state index >= 15 is 0 Å². The highest BCUT2D eigenvalue weighted by molar-refractivity contribution is 6.71. The summed E-state index contributed by atoms with van der Waals surface area (Å²) in [6.07, 6.45) is -2.05. The summed E-state index contributed by atoms with van der Waals surface area (Å²) in [7, 11) is 1.18. The normalized spacial score (nSPS) is 13.6. The molecule has 0 saturated carbocycles. The number of rotatable bonds is 22. The summed E-state index contributed by atoms with van der Waals surface area (Å²) in [6, 6.07) is 46.0. The molecule has 5 N–H and O–H groups in total. The Bertz CT molecular complexity index is 3450. The Morgan fingerprint density at radius 2 is 0.670 bits per heavy atom. The van der Waals surface area contributed by atoms with Crippen molar-refractivity contribution in [2.24, 2.45) is 17.8 Å². The number of ether oxygens (including phenoxy) is 3. The first kappa shape index (κ1) is 69.2. The van der Waals surface area contributed by atoms with E-state index in [0.29, 0.717) is 0 Å². The summed E-state index contributed by atoms with van der Waals surface area (Å²) in [5, 5.41) is 25.8. The zero-order valence-electron chi connectivity index (χ0n) is 53.7. The SMILES string of the molecule is CC(C)[C@H](NC(=O)OCC1c2ccccc2-c2ccccc21)C(=O)N(C)CCC(=O)O.CC(C)[C@H](NC(=O)OCC1c2ccccc2-c2ccccc21)C(=O)N(C)CCC(=O)O[Si](C)(C)C.CC(C)[C@H](NC(=O)OCC1c2ccccc2-c2ccccc21)C(=O)O. The zero-order chi connectivity index (χ0) is 66.3. The van der Waals surface area contributed by atoms with Crippen molar-refractivity contribution in [1.82, 2.24) is 25.8 Å². The lowest BCUT2D eigenvalue weighted by Gasteiger charge is -2.27. The maximum Gasteiger partial charge on any atom is 0.407 e. The fourth-order valence-electron chi connectivity index (χ4n) is 11.5. The van der Waals surface area contributed by atoms with Crippen LogP contribution in [0.5, 0.6) is 0 Å². The van der Waals surface area contributed by atoms with Crippen LogP contribution >= 0.6 is 0 Å². The molecule has 0 radical (unpaired) electrons. The number of carboxylic acid groups (broad SMARTS) is 2. The van der Waals surface area contributed by atoms with Crippen molar-refractivity contribution in [1.29, 1.82) is 0 Å². The minimum Gasteiger partial charge on any atom is -0.520 e. The number of fused-ring (bicyclic) bond motifs is 9. The first-order chi connectivity index (χ1) is 43.3. The van der Waals surface area contributed by atoms with Crippen molar-refractivity contribution in [3.63, 3.8) is 0 Å². The van der Waals surface area contributed by atoms with Gasteiger partial charge in [-0.05, 0) is 104 Å². The molecule has 0 fully saturated rings. The fourth-order valence-corrected chi connectivity index (χ4v) is 12.2. The number of alkyl carbamates (subject to hydrolysis) is 3. The third kappa shape index (κ3) is 18.0. The largest absolute Gasteiger partial charge is 0.520 e. The van der Waals surface area contributed by atoms with E-state index < -0.39 is 56.7 Å². The van der Waals surface area contributed by atoms with Crippen LogP contribution in [0.25, 0.3) is 33.4 Å². The van der Waals surface area contributed by atoms with Gasteiger partial charge in [-0.1, -0.05) is 187 Å². The topological polar surface area (TPSA) is 257 Å². The molecule has 0 heterocycles. The van der Waals surface area contributed by atoms with Gasteiger partial charge in [0.2, 0.25) is 20.1 Å². The number of benzene rings is 6. The second-order valence-electron chi connectivity index (χ2n) is 24.9. The Balaban J connectivity index is 0.000000196. The van der Waals surface area contributed by atoms with E-state index in [1.807, 2.05) is 144 Å². The number of hydrogen-bond acceptors (Lipinski definition) is 12. The number of likely N-dealkylation sites (N-methyl/N-ethyl adjacent to an activating group) is 2. The molecule has 6 aromatic carbocycles. The van der Waals surface area contributed by atoms with Gasteiger partial charge in [0, 0.05) is 44.9 Å². The summed E-state index contributed by atoms with van der Waals surface area (Å²) in [5.41, 5.74) is 13.6. The molecule has 3 aliphatic rings. The molecule has 20 heteroatoms. The van der Waals surface area contributed by atoms with Crippen LogP contribution in [0.2, 0.25) is 19.6 Å². The van der Waals surface area contributed by atoms with E-state index in [-0.39, 0.29) is 99.0 Å². The van der Waals surface area contributed by atoms with Crippen molar-refractivity contribution < 1.29 is 67.2 Å². The van der Waals surface area contributed by atoms with E-state index in [0.717, 1.165) is 66.8 Å². The average molecular weight is 1260 g/mol. The number of nitrogens with zero attached hydrogens (tertiary/aromatic N) is 2. The Kier molecular flexibility index (Phi) is 23.9. The number of carbonyl (C=O) groups excluding carboxylic acids is 6. The molecule has 91 heavy (non-hydrogen) atoms. The molecule has 0 unspecified atom stereocenters. The second-order valence-corrected chi connectivity index (χ2v) is 29.3. The minimum absolute atomic E-state index is 0.0412. The fraction of sp³-hybridized carbons (Fsp3) is 0.380. The van der Waals surface area contributed by atoms with E-state index in [2.05, 4.69) is 64.5 Å². The highest BCUT2D eigenvalue weighted by Gasteiger charge is 2.35. The number of hydrogen-bond donors (Lipinski definition) is 5. The van der Waals surface area contributed by atoms with E-state index in [4.69, 9.17) is 28.8 Å². The molecule has 3 aliphatic carbocycles. The maximum atomic E-state index is 13.0. The molecule has 3 atom stereocenters. The van der Waals surface area contributed by atoms with Crippen molar-refractivity contribution in [2.45, 2.75) is 110 Å². The highest BCUT2D eigenvalue weighted by atomic mass is 28.4. The highest BCUT2D eigenvalue weighted by Crippen LogP contribution is 2.47. The molecule has 0 aromatic heterocycles. The Hall–Kier alpha value is -9.30. The van der Waals surface area contributed by atoms with Gasteiger partial charge in [0.15, 0.2) is 0 Å². The molecule has 0 spiro atoms. The standard InChI is InChI=1S/C27H36N2O5Si.C24H28N2O5.C20H21NO4/c1-18(2)25(26(31)29(3)16-15-24(30)34-35(4,5)6)28-27(32)33-17-23-21-13-9-7-11-19(21)20-12-8-10-14-22(20)23;1-15(2)22(23(29)26(3)13-12-21(27)28)25-24(30)31-14-20-18-10-6-4-8-16(18)17-9-5-7-11-19(17)20;1-12(2)18(19(22)23)21-20(24)25-11-17-15-9-5-3-7-13(15)14-8-4-6-10-16(14)17/h7-14,18,23,25H,15-17H2,1-6H3,(H,28,32);4-11,15,20,22H,12-14H2,1-3H3,(H,25,30)(H,27,28);3-10,12,17-18H,11H2,1-2H3,(H,21,24)(H,22,23)/t25-;22-;18-/m000/s1. The monoisotopic (exact) mass is 1260 g/mol. The van der Waals surface area contributed by atoms with Crippen LogP contribution in [0.15, 0.2) is 146 Å². The summed E-state index contributed by atoms with van der Waals surface area (Å²) >= 11 is 0. The molecule has 482 valence electrons. The number of carboxylic acids is 2. The smallest absolute Gasteiger partial charge is 0.407 e. The van der Waals surface area contributed by atoms with Gasteiger partial charge in [-0.15, -0.1) is 0 Å². The third-order valence-corrected chi connectivity index (χ3v) is 17.0. The van der Waals surface area contributed by atoms with E-state index in [1.54, 1.807) is 20.9 Å². The molecular formula is C71H85N5O14Si. The lowest BCUT2D eigenvalue weighted by atomic mass is 9.98. The molecule has 0 saturated heterocycles. The molecule has 0 bridgehead atoms. The Morgan fingerprint density at radius 3 is 0.912 bits per heavy atom. The van der Waals surface area contributed by atoms with Crippen molar-refractivity contribution >= 4 is 56.3 Å². The van der Waals surface area contributed by atoms with Gasteiger partial charge in [-0.2, -0.15) is 0 Å². The molecule has 6 aromatic rings. The number of amides is 5. The minimum atomic E-state index is -1.97. The molecule has 9 rings (SSSR count). The maximum absolute atomic E-state index is 13.0. The number of aliphatic carboxylic acids is 2. The summed E-state index contributed by atoms with van der Waals surface area (Å²) in [6.45, 7) is 17.4. The summed E-state index contributed by atoms with van der Waals surface area (Å²) in [5.74, 6) is -3.69. The van der Waals surface area contributed by atoms with Gasteiger partial charge in [0.05, 0.1) is 12.8 Å². The van der Waals surface area contributed by atoms with Crippen LogP contribution in [-0.4, -0.2) is 141 Å². The molecular weight excluding hydrogens is 1170 g/mol. The van der Waals surface area contributed by atoms with Crippen LogP contribution in [-0.2, 0) is 42.6 Å². The number of carbonyl (C=O) groups is 8. The second kappa shape index (κ2) is 31.4. The lowest BCUT2D eigenvalue weighted by Crippen LogP contribution is -2.50. The van der Waals surface area contributed by atoms with Crippen LogP contribution < -0.4 is 16.0 Å². The van der Waals surface area contributed by atoms with Crippen molar-refractivity contribution in [3.8, 4) is 33.4 Å². The van der Waals surface area contributed by atoms with E-state index in [1.165, 1.54) is 16.8 Å².